The molecule has 0 unspecified atom stereocenters. The lowest BCUT2D eigenvalue weighted by atomic mass is 10.3. The number of hydrogen-bond donors (Lipinski definition) is 1. The molecule has 0 spiro atoms. The maximum absolute atomic E-state index is 5.73. The summed E-state index contributed by atoms with van der Waals surface area (Å²) in [5.41, 5.74) is 7.65. The summed E-state index contributed by atoms with van der Waals surface area (Å²) < 4.78 is 3.23. The Morgan fingerprint density at radius 3 is 3.00 bits per heavy atom. The number of aromatic nitrogens is 1. The number of nitrogens with zero attached hydrogens (tertiary/aromatic N) is 2. The highest BCUT2D eigenvalue weighted by Gasteiger charge is 2.04. The number of fused-ring (bicyclic) bond motifs is 1. The number of nitrogen functional groups attached to an aromatic ring is 1. The Kier molecular flexibility index (Phi) is 2.64. The van der Waals surface area contributed by atoms with Crippen molar-refractivity contribution in [2.75, 3.05) is 12.8 Å². The average Bonchev–Trinajstić information content (AvgIpc) is 2.54. The van der Waals surface area contributed by atoms with Crippen molar-refractivity contribution in [2.45, 2.75) is 13.5 Å². The Hall–Kier alpha value is -1.49. The highest BCUT2D eigenvalue weighted by Crippen LogP contribution is 2.20. The van der Waals surface area contributed by atoms with Crippen LogP contribution in [0.2, 0.25) is 0 Å². The first-order chi connectivity index (χ1) is 7.26. The van der Waals surface area contributed by atoms with E-state index in [1.807, 2.05) is 18.2 Å². The molecule has 0 radical (unpaired) electrons. The van der Waals surface area contributed by atoms with E-state index in [2.05, 4.69) is 16.6 Å². The van der Waals surface area contributed by atoms with Gasteiger partial charge < -0.3 is 15.1 Å². The van der Waals surface area contributed by atoms with Gasteiger partial charge >= 0.3 is 0 Å². The zero-order valence-corrected chi connectivity index (χ0v) is 9.54. The van der Waals surface area contributed by atoms with Gasteiger partial charge in [-0.15, -0.1) is 0 Å². The van der Waals surface area contributed by atoms with E-state index >= 15 is 0 Å². The zero-order valence-electron chi connectivity index (χ0n) is 8.73. The number of thiazole rings is 1. The fourth-order valence-corrected chi connectivity index (χ4v) is 2.67. The van der Waals surface area contributed by atoms with Crippen molar-refractivity contribution < 1.29 is 4.84 Å². The maximum atomic E-state index is 5.73. The van der Waals surface area contributed by atoms with Gasteiger partial charge in [0, 0.05) is 12.2 Å². The minimum Gasteiger partial charge on any atom is -0.399 e. The molecule has 15 heavy (non-hydrogen) atoms. The Morgan fingerprint density at radius 2 is 2.33 bits per heavy atom. The molecule has 2 aromatic rings. The summed E-state index contributed by atoms with van der Waals surface area (Å²) in [5, 5.41) is 3.99. The molecule has 4 nitrogen and oxygen atoms in total. The molecule has 0 atom stereocenters. The van der Waals surface area contributed by atoms with Gasteiger partial charge in [0.1, 0.15) is 7.11 Å². The van der Waals surface area contributed by atoms with Crippen molar-refractivity contribution in [3.05, 3.63) is 23.0 Å². The Balaban J connectivity index is 2.79. The van der Waals surface area contributed by atoms with Crippen molar-refractivity contribution in [1.82, 2.24) is 4.57 Å². The summed E-state index contributed by atoms with van der Waals surface area (Å²) >= 11 is 1.58. The highest BCUT2D eigenvalue weighted by molar-refractivity contribution is 7.16. The molecule has 1 aromatic heterocycles. The van der Waals surface area contributed by atoms with E-state index in [1.54, 1.807) is 18.4 Å². The fraction of sp³-hybridized carbons (Fsp3) is 0.300. The Morgan fingerprint density at radius 1 is 1.53 bits per heavy atom. The largest absolute Gasteiger partial charge is 0.399 e. The van der Waals surface area contributed by atoms with Gasteiger partial charge in [0.25, 0.3) is 0 Å². The summed E-state index contributed by atoms with van der Waals surface area (Å²) in [6, 6.07) is 5.87. The molecule has 80 valence electrons. The van der Waals surface area contributed by atoms with Gasteiger partial charge in [-0.05, 0) is 25.1 Å². The van der Waals surface area contributed by atoms with Crippen LogP contribution in [0, 0.1) is 0 Å². The lowest BCUT2D eigenvalue weighted by Gasteiger charge is -1.99. The topological polar surface area (TPSA) is 52.5 Å². The van der Waals surface area contributed by atoms with E-state index in [9.17, 15) is 0 Å². The van der Waals surface area contributed by atoms with Gasteiger partial charge in [-0.1, -0.05) is 16.5 Å². The molecular formula is C10H13N3OS. The first-order valence-electron chi connectivity index (χ1n) is 4.72. The second-order valence-electron chi connectivity index (χ2n) is 3.13. The van der Waals surface area contributed by atoms with Crippen LogP contribution in [0.25, 0.3) is 10.2 Å². The fourth-order valence-electron chi connectivity index (χ4n) is 1.54. The third-order valence-corrected chi connectivity index (χ3v) is 3.22. The highest BCUT2D eigenvalue weighted by atomic mass is 32.1. The molecule has 0 bridgehead atoms. The van der Waals surface area contributed by atoms with Crippen LogP contribution in [0.4, 0.5) is 5.69 Å². The van der Waals surface area contributed by atoms with Crippen molar-refractivity contribution in [2.24, 2.45) is 5.16 Å². The van der Waals surface area contributed by atoms with Gasteiger partial charge in [-0.25, -0.2) is 0 Å². The smallest absolute Gasteiger partial charge is 0.228 e. The van der Waals surface area contributed by atoms with Crippen LogP contribution in [0.5, 0.6) is 0 Å². The SMILES string of the molecule is CCn1c(=NOC)sc2cc(N)ccc21. The minimum absolute atomic E-state index is 0.774. The Bertz CT molecular complexity index is 541. The van der Waals surface area contributed by atoms with Crippen molar-refractivity contribution in [3.8, 4) is 0 Å². The van der Waals surface area contributed by atoms with Crippen LogP contribution >= 0.6 is 11.3 Å². The summed E-state index contributed by atoms with van der Waals surface area (Å²) in [6.07, 6.45) is 0. The third-order valence-electron chi connectivity index (χ3n) is 2.19. The molecule has 1 aromatic carbocycles. The molecule has 0 amide bonds. The first kappa shape index (κ1) is 10.0. The molecule has 0 aliphatic carbocycles. The number of hydrogen-bond acceptors (Lipinski definition) is 4. The molecular weight excluding hydrogens is 210 g/mol. The second kappa shape index (κ2) is 3.94. The number of aryl methyl sites for hydroxylation is 1. The quantitative estimate of drug-likeness (QED) is 0.623. The normalized spacial score (nSPS) is 12.3. The van der Waals surface area contributed by atoms with Crippen LogP contribution < -0.4 is 10.5 Å². The van der Waals surface area contributed by atoms with E-state index in [1.165, 1.54) is 0 Å². The monoisotopic (exact) mass is 223 g/mol. The molecule has 2 N–H and O–H groups in total. The maximum Gasteiger partial charge on any atom is 0.228 e. The van der Waals surface area contributed by atoms with Gasteiger partial charge in [0.15, 0.2) is 0 Å². The van der Waals surface area contributed by atoms with E-state index in [0.29, 0.717) is 0 Å². The molecule has 1 heterocycles. The molecule has 2 rings (SSSR count). The van der Waals surface area contributed by atoms with Crippen LogP contribution in [-0.4, -0.2) is 11.7 Å². The first-order valence-corrected chi connectivity index (χ1v) is 5.54. The van der Waals surface area contributed by atoms with Gasteiger partial charge in [0.2, 0.25) is 4.80 Å². The van der Waals surface area contributed by atoms with Crippen molar-refractivity contribution in [1.29, 1.82) is 0 Å². The molecule has 5 heteroatoms. The summed E-state index contributed by atoms with van der Waals surface area (Å²) in [6.45, 7) is 2.95. The van der Waals surface area contributed by atoms with E-state index < -0.39 is 0 Å². The van der Waals surface area contributed by atoms with Crippen LogP contribution in [0.15, 0.2) is 23.4 Å². The summed E-state index contributed by atoms with van der Waals surface area (Å²) in [5.74, 6) is 0. The molecule has 0 saturated carbocycles. The van der Waals surface area contributed by atoms with Gasteiger partial charge in [-0.3, -0.25) is 0 Å². The predicted octanol–water partition coefficient (Wildman–Crippen LogP) is 1.77. The van der Waals surface area contributed by atoms with E-state index in [0.717, 1.165) is 27.3 Å². The Labute approximate surface area is 91.6 Å². The molecule has 0 saturated heterocycles. The number of anilines is 1. The average molecular weight is 223 g/mol. The van der Waals surface area contributed by atoms with Crippen LogP contribution in [0.3, 0.4) is 0 Å². The van der Waals surface area contributed by atoms with Crippen molar-refractivity contribution >= 4 is 27.2 Å². The number of rotatable bonds is 2. The third kappa shape index (κ3) is 1.70. The lowest BCUT2D eigenvalue weighted by molar-refractivity contribution is 0.198. The van der Waals surface area contributed by atoms with E-state index in [-0.39, 0.29) is 0 Å². The minimum atomic E-state index is 0.774. The van der Waals surface area contributed by atoms with Crippen molar-refractivity contribution in [3.63, 3.8) is 0 Å². The van der Waals surface area contributed by atoms with Crippen LogP contribution in [-0.2, 0) is 11.4 Å². The molecule has 0 aliphatic heterocycles. The van der Waals surface area contributed by atoms with Crippen LogP contribution in [0.1, 0.15) is 6.92 Å². The van der Waals surface area contributed by atoms with Gasteiger partial charge in [0.05, 0.1) is 10.2 Å². The number of nitrogens with two attached hydrogens (primary N) is 1. The van der Waals surface area contributed by atoms with E-state index in [4.69, 9.17) is 10.6 Å². The lowest BCUT2D eigenvalue weighted by Crippen LogP contribution is -2.13. The second-order valence-corrected chi connectivity index (χ2v) is 4.14. The summed E-state index contributed by atoms with van der Waals surface area (Å²) in [7, 11) is 1.55. The summed E-state index contributed by atoms with van der Waals surface area (Å²) in [4.78, 5) is 5.68. The molecule has 0 fully saturated rings. The van der Waals surface area contributed by atoms with Gasteiger partial charge in [-0.2, -0.15) is 0 Å². The zero-order chi connectivity index (χ0) is 10.8. The standard InChI is InChI=1S/C10H13N3OS/c1-3-13-8-5-4-7(11)6-9(8)15-10(13)12-14-2/h4-6H,3,11H2,1-2H3. The molecule has 0 aliphatic rings. The number of benzene rings is 1. The predicted molar refractivity (Wildman–Crippen MR) is 62.5 cm³/mol.